The second kappa shape index (κ2) is 2.79. The molecule has 7 heteroatoms. The van der Waals surface area contributed by atoms with Crippen LogP contribution in [-0.4, -0.2) is 13.0 Å². The summed E-state index contributed by atoms with van der Waals surface area (Å²) in [5, 5.41) is 0. The first kappa shape index (κ1) is 9.62. The number of hydrogen-bond donors (Lipinski definition) is 4. The molecule has 13 heavy (non-hydrogen) atoms. The zero-order chi connectivity index (χ0) is 10.2. The Labute approximate surface area is 75.1 Å². The highest BCUT2D eigenvalue weighted by molar-refractivity contribution is 7.85. The molecule has 6 nitrogen and oxygen atoms in total. The fourth-order valence-electron chi connectivity index (χ4n) is 0.819. The van der Waals surface area contributed by atoms with Gasteiger partial charge in [0.2, 0.25) is 0 Å². The van der Waals surface area contributed by atoms with E-state index in [9.17, 15) is 8.42 Å². The van der Waals surface area contributed by atoms with Crippen LogP contribution < -0.4 is 17.2 Å². The van der Waals surface area contributed by atoms with Crippen molar-refractivity contribution in [2.24, 2.45) is 0 Å². The van der Waals surface area contributed by atoms with Crippen LogP contribution in [0.3, 0.4) is 0 Å². The molecule has 1 aromatic rings. The molecule has 0 fully saturated rings. The van der Waals surface area contributed by atoms with E-state index in [0.717, 1.165) is 12.1 Å². The molecule has 0 bridgehead atoms. The van der Waals surface area contributed by atoms with Gasteiger partial charge in [-0.25, -0.2) is 0 Å². The van der Waals surface area contributed by atoms with Crippen molar-refractivity contribution in [2.75, 3.05) is 17.2 Å². The van der Waals surface area contributed by atoms with Crippen molar-refractivity contribution >= 4 is 27.2 Å². The Morgan fingerprint density at radius 3 is 1.77 bits per heavy atom. The van der Waals surface area contributed by atoms with Crippen LogP contribution in [0.15, 0.2) is 17.0 Å². The second-order valence-corrected chi connectivity index (χ2v) is 3.91. The fourth-order valence-corrected chi connectivity index (χ4v) is 1.37. The molecule has 0 saturated heterocycles. The van der Waals surface area contributed by atoms with Gasteiger partial charge in [0, 0.05) is 0 Å². The van der Waals surface area contributed by atoms with Crippen LogP contribution >= 0.6 is 0 Å². The Balaban J connectivity index is 3.47. The summed E-state index contributed by atoms with van der Waals surface area (Å²) in [6.07, 6.45) is 0. The molecule has 0 amide bonds. The third kappa shape index (κ3) is 1.82. The van der Waals surface area contributed by atoms with E-state index < -0.39 is 10.1 Å². The first-order valence-corrected chi connectivity index (χ1v) is 4.68. The number of benzene rings is 1. The van der Waals surface area contributed by atoms with Gasteiger partial charge >= 0.3 is 0 Å². The molecule has 1 rings (SSSR count). The summed E-state index contributed by atoms with van der Waals surface area (Å²) in [6.45, 7) is 0. The standard InChI is InChI=1S/C6H9N3O3S/c7-4-1-3(13(10,11)12)2-5(8)6(4)9/h1-2H,7-9H2,(H,10,11,12). The molecule has 0 spiro atoms. The summed E-state index contributed by atoms with van der Waals surface area (Å²) in [6, 6.07) is 2.09. The topological polar surface area (TPSA) is 132 Å². The number of hydrogen-bond acceptors (Lipinski definition) is 5. The third-order valence-corrected chi connectivity index (χ3v) is 2.35. The highest BCUT2D eigenvalue weighted by Gasteiger charge is 2.12. The van der Waals surface area contributed by atoms with E-state index in [2.05, 4.69) is 0 Å². The highest BCUT2D eigenvalue weighted by atomic mass is 32.2. The summed E-state index contributed by atoms with van der Waals surface area (Å²) in [5.74, 6) is 0. The lowest BCUT2D eigenvalue weighted by atomic mass is 10.2. The number of nitrogens with two attached hydrogens (primary N) is 3. The molecule has 0 heterocycles. The Morgan fingerprint density at radius 2 is 1.46 bits per heavy atom. The van der Waals surface area contributed by atoms with Crippen LogP contribution in [-0.2, 0) is 10.1 Å². The Bertz CT molecular complexity index is 417. The van der Waals surface area contributed by atoms with Crippen LogP contribution in [0.5, 0.6) is 0 Å². The minimum Gasteiger partial charge on any atom is -0.397 e. The highest BCUT2D eigenvalue weighted by Crippen LogP contribution is 2.26. The van der Waals surface area contributed by atoms with E-state index in [1.807, 2.05) is 0 Å². The van der Waals surface area contributed by atoms with E-state index in [1.54, 1.807) is 0 Å². The molecule has 0 aliphatic carbocycles. The van der Waals surface area contributed by atoms with E-state index in [1.165, 1.54) is 0 Å². The predicted molar refractivity (Wildman–Crippen MR) is 49.5 cm³/mol. The van der Waals surface area contributed by atoms with Crippen molar-refractivity contribution in [1.82, 2.24) is 0 Å². The monoisotopic (exact) mass is 203 g/mol. The maximum Gasteiger partial charge on any atom is 0.294 e. The first-order chi connectivity index (χ1) is 5.82. The lowest BCUT2D eigenvalue weighted by Gasteiger charge is -2.05. The summed E-state index contributed by atoms with van der Waals surface area (Å²) in [4.78, 5) is -0.364. The molecular formula is C6H9N3O3S. The van der Waals surface area contributed by atoms with Crippen LogP contribution in [0.25, 0.3) is 0 Å². The van der Waals surface area contributed by atoms with Gasteiger partial charge in [-0.2, -0.15) is 8.42 Å². The van der Waals surface area contributed by atoms with Gasteiger partial charge in [-0.1, -0.05) is 0 Å². The average Bonchev–Trinajstić information content (AvgIpc) is 1.97. The van der Waals surface area contributed by atoms with Crippen LogP contribution in [0.4, 0.5) is 17.1 Å². The van der Waals surface area contributed by atoms with Gasteiger partial charge in [-0.15, -0.1) is 0 Å². The Kier molecular flexibility index (Phi) is 2.06. The molecule has 0 saturated carbocycles. The molecule has 0 aliphatic rings. The van der Waals surface area contributed by atoms with Crippen LogP contribution in [0, 0.1) is 0 Å². The predicted octanol–water partition coefficient (Wildman–Crippen LogP) is -0.320. The van der Waals surface area contributed by atoms with Crippen molar-refractivity contribution in [1.29, 1.82) is 0 Å². The number of rotatable bonds is 1. The van der Waals surface area contributed by atoms with Crippen molar-refractivity contribution in [3.05, 3.63) is 12.1 Å². The van der Waals surface area contributed by atoms with Gasteiger partial charge in [0.25, 0.3) is 10.1 Å². The Morgan fingerprint density at radius 1 is 1.08 bits per heavy atom. The van der Waals surface area contributed by atoms with Gasteiger partial charge in [-0.05, 0) is 12.1 Å². The van der Waals surface area contributed by atoms with Crippen LogP contribution in [0.1, 0.15) is 0 Å². The van der Waals surface area contributed by atoms with Gasteiger partial charge in [0.05, 0.1) is 22.0 Å². The van der Waals surface area contributed by atoms with Gasteiger partial charge in [0.15, 0.2) is 0 Å². The SMILES string of the molecule is Nc1cc(S(=O)(=O)O)cc(N)c1N. The molecule has 1 aromatic carbocycles. The molecule has 7 N–H and O–H groups in total. The summed E-state index contributed by atoms with van der Waals surface area (Å²) in [5.41, 5.74) is 16.2. The maximum atomic E-state index is 10.7. The smallest absolute Gasteiger partial charge is 0.294 e. The van der Waals surface area contributed by atoms with Crippen molar-refractivity contribution in [3.63, 3.8) is 0 Å². The molecule has 0 aromatic heterocycles. The Hall–Kier alpha value is -1.47. The zero-order valence-electron chi connectivity index (χ0n) is 6.56. The number of nitrogen functional groups attached to an aromatic ring is 3. The molecule has 0 radical (unpaired) electrons. The molecule has 0 unspecified atom stereocenters. The van der Waals surface area contributed by atoms with Crippen molar-refractivity contribution in [2.45, 2.75) is 4.90 Å². The average molecular weight is 203 g/mol. The van der Waals surface area contributed by atoms with Crippen molar-refractivity contribution in [3.8, 4) is 0 Å². The minimum absolute atomic E-state index is 0.0209. The molecule has 72 valence electrons. The molecular weight excluding hydrogens is 194 g/mol. The lowest BCUT2D eigenvalue weighted by Crippen LogP contribution is -2.05. The van der Waals surface area contributed by atoms with Gasteiger partial charge in [-0.3, -0.25) is 4.55 Å². The van der Waals surface area contributed by atoms with E-state index >= 15 is 0 Å². The lowest BCUT2D eigenvalue weighted by molar-refractivity contribution is 0.483. The normalized spacial score (nSPS) is 11.5. The largest absolute Gasteiger partial charge is 0.397 e. The maximum absolute atomic E-state index is 10.7. The van der Waals surface area contributed by atoms with E-state index in [-0.39, 0.29) is 22.0 Å². The first-order valence-electron chi connectivity index (χ1n) is 3.24. The van der Waals surface area contributed by atoms with Crippen molar-refractivity contribution < 1.29 is 13.0 Å². The summed E-state index contributed by atoms with van der Waals surface area (Å²) < 4.78 is 30.0. The third-order valence-electron chi connectivity index (χ3n) is 1.52. The van der Waals surface area contributed by atoms with E-state index in [0.29, 0.717) is 0 Å². The van der Waals surface area contributed by atoms with E-state index in [4.69, 9.17) is 21.8 Å². The summed E-state index contributed by atoms with van der Waals surface area (Å²) >= 11 is 0. The minimum atomic E-state index is -4.28. The fraction of sp³-hybridized carbons (Fsp3) is 0. The van der Waals surface area contributed by atoms with Crippen LogP contribution in [0.2, 0.25) is 0 Å². The zero-order valence-corrected chi connectivity index (χ0v) is 7.38. The molecule has 0 atom stereocenters. The number of anilines is 3. The quantitative estimate of drug-likeness (QED) is 0.365. The summed E-state index contributed by atoms with van der Waals surface area (Å²) in [7, 11) is -4.28. The second-order valence-electron chi connectivity index (χ2n) is 2.49. The molecule has 0 aliphatic heterocycles. The van der Waals surface area contributed by atoms with Gasteiger partial charge < -0.3 is 17.2 Å². The van der Waals surface area contributed by atoms with Gasteiger partial charge in [0.1, 0.15) is 0 Å².